The second kappa shape index (κ2) is 7.21. The molecule has 0 aliphatic heterocycles. The number of nitrogens with two attached hydrogens (primary N) is 1. The van der Waals surface area contributed by atoms with E-state index in [1.807, 2.05) is 0 Å². The fraction of sp³-hybridized carbons (Fsp3) is 0.889. The fourth-order valence-corrected chi connectivity index (χ4v) is 2.05. The molecule has 13 heavy (non-hydrogen) atoms. The van der Waals surface area contributed by atoms with Gasteiger partial charge in [0.15, 0.2) is 0 Å². The molecule has 0 aliphatic rings. The summed E-state index contributed by atoms with van der Waals surface area (Å²) in [5, 5.41) is 0.570. The van der Waals surface area contributed by atoms with Gasteiger partial charge in [0.1, 0.15) is 6.04 Å². The minimum Gasteiger partial charge on any atom is -0.468 e. The molecule has 0 spiro atoms. The van der Waals surface area contributed by atoms with Gasteiger partial charge in [-0.25, -0.2) is 0 Å². The summed E-state index contributed by atoms with van der Waals surface area (Å²) in [7, 11) is 1.36. The summed E-state index contributed by atoms with van der Waals surface area (Å²) in [5.74, 6) is 0.324. The predicted molar refractivity (Wildman–Crippen MR) is 56.8 cm³/mol. The van der Waals surface area contributed by atoms with E-state index < -0.39 is 6.04 Å². The van der Waals surface area contributed by atoms with E-state index in [9.17, 15) is 4.79 Å². The first-order chi connectivity index (χ1) is 6.11. The highest BCUT2D eigenvalue weighted by Gasteiger charge is 2.14. The van der Waals surface area contributed by atoms with Crippen LogP contribution in [0.15, 0.2) is 0 Å². The summed E-state index contributed by atoms with van der Waals surface area (Å²) in [4.78, 5) is 10.9. The molecule has 0 radical (unpaired) electrons. The minimum absolute atomic E-state index is 0.323. The van der Waals surface area contributed by atoms with Gasteiger partial charge in [0, 0.05) is 11.0 Å². The molecule has 0 heterocycles. The molecule has 2 N–H and O–H groups in total. The van der Waals surface area contributed by atoms with E-state index in [4.69, 9.17) is 5.73 Å². The number of thioether (sulfide) groups is 1. The second-order valence-corrected chi connectivity index (χ2v) is 4.53. The monoisotopic (exact) mass is 205 g/mol. The van der Waals surface area contributed by atoms with Gasteiger partial charge < -0.3 is 10.5 Å². The Hall–Kier alpha value is -0.220. The average Bonchev–Trinajstić information content (AvgIpc) is 2.13. The summed E-state index contributed by atoms with van der Waals surface area (Å²) < 4.78 is 4.53. The smallest absolute Gasteiger partial charge is 0.323 e. The molecule has 78 valence electrons. The van der Waals surface area contributed by atoms with Crippen molar-refractivity contribution in [1.29, 1.82) is 0 Å². The standard InChI is InChI=1S/C9H19NO2S/c1-4-5-7(2)13-6-8(10)9(11)12-3/h7-8H,4-6,10H2,1-3H3. The molecule has 0 amide bonds. The SMILES string of the molecule is CCCC(C)SCC(N)C(=O)OC. The third-order valence-electron chi connectivity index (χ3n) is 1.76. The summed E-state index contributed by atoms with van der Waals surface area (Å²) in [6.07, 6.45) is 2.33. The number of methoxy groups -OCH3 is 1. The van der Waals surface area contributed by atoms with Gasteiger partial charge in [0.25, 0.3) is 0 Å². The molecule has 4 heteroatoms. The molecule has 0 fully saturated rings. The number of hydrogen-bond acceptors (Lipinski definition) is 4. The Kier molecular flexibility index (Phi) is 7.09. The average molecular weight is 205 g/mol. The van der Waals surface area contributed by atoms with Crippen LogP contribution in [0.3, 0.4) is 0 Å². The normalized spacial score (nSPS) is 15.1. The van der Waals surface area contributed by atoms with Gasteiger partial charge in [-0.2, -0.15) is 11.8 Å². The summed E-state index contributed by atoms with van der Waals surface area (Å²) in [6.45, 7) is 4.30. The largest absolute Gasteiger partial charge is 0.468 e. The van der Waals surface area contributed by atoms with Gasteiger partial charge in [-0.1, -0.05) is 20.3 Å². The Morgan fingerprint density at radius 1 is 1.62 bits per heavy atom. The highest BCUT2D eigenvalue weighted by Crippen LogP contribution is 2.16. The topological polar surface area (TPSA) is 52.3 Å². The second-order valence-electron chi connectivity index (χ2n) is 3.06. The van der Waals surface area contributed by atoms with E-state index in [0.717, 1.165) is 0 Å². The van der Waals surface area contributed by atoms with Crippen molar-refractivity contribution in [3.63, 3.8) is 0 Å². The predicted octanol–water partition coefficient (Wildman–Crippen LogP) is 1.41. The lowest BCUT2D eigenvalue weighted by atomic mass is 10.3. The molecular formula is C9H19NO2S. The summed E-state index contributed by atoms with van der Waals surface area (Å²) in [6, 6.07) is -0.477. The number of carbonyl (C=O) groups excluding carboxylic acids is 1. The van der Waals surface area contributed by atoms with E-state index in [-0.39, 0.29) is 5.97 Å². The van der Waals surface area contributed by atoms with Crippen LogP contribution in [0, 0.1) is 0 Å². The summed E-state index contributed by atoms with van der Waals surface area (Å²) in [5.41, 5.74) is 5.58. The van der Waals surface area contributed by atoms with Gasteiger partial charge in [-0.05, 0) is 6.42 Å². The van der Waals surface area contributed by atoms with Crippen molar-refractivity contribution in [3.8, 4) is 0 Å². The maximum absolute atomic E-state index is 10.9. The zero-order chi connectivity index (χ0) is 10.3. The maximum Gasteiger partial charge on any atom is 0.323 e. The molecule has 0 saturated carbocycles. The van der Waals surface area contributed by atoms with Crippen LogP contribution in [0.4, 0.5) is 0 Å². The number of esters is 1. The third-order valence-corrected chi connectivity index (χ3v) is 3.12. The van der Waals surface area contributed by atoms with Crippen LogP contribution >= 0.6 is 11.8 Å². The highest BCUT2D eigenvalue weighted by molar-refractivity contribution is 7.99. The van der Waals surface area contributed by atoms with Crippen molar-refractivity contribution >= 4 is 17.7 Å². The zero-order valence-corrected chi connectivity index (χ0v) is 9.39. The molecule has 0 aromatic carbocycles. The molecule has 2 unspecified atom stereocenters. The van der Waals surface area contributed by atoms with Crippen LogP contribution in [-0.2, 0) is 9.53 Å². The van der Waals surface area contributed by atoms with Crippen molar-refractivity contribution in [2.24, 2.45) is 5.73 Å². The van der Waals surface area contributed by atoms with Crippen molar-refractivity contribution in [3.05, 3.63) is 0 Å². The van der Waals surface area contributed by atoms with Crippen molar-refractivity contribution in [2.45, 2.75) is 38.0 Å². The Labute approximate surface area is 84.4 Å². The van der Waals surface area contributed by atoms with Crippen molar-refractivity contribution < 1.29 is 9.53 Å². The quantitative estimate of drug-likeness (QED) is 0.666. The Bertz CT molecular complexity index is 153. The van der Waals surface area contributed by atoms with E-state index in [1.54, 1.807) is 11.8 Å². The van der Waals surface area contributed by atoms with Gasteiger partial charge in [0.2, 0.25) is 0 Å². The van der Waals surface area contributed by atoms with Crippen LogP contribution in [0.1, 0.15) is 26.7 Å². The van der Waals surface area contributed by atoms with Gasteiger partial charge in [-0.3, -0.25) is 4.79 Å². The molecule has 0 rings (SSSR count). The molecule has 0 aromatic rings. The van der Waals surface area contributed by atoms with Crippen molar-refractivity contribution in [2.75, 3.05) is 12.9 Å². The first-order valence-electron chi connectivity index (χ1n) is 4.56. The third kappa shape index (κ3) is 5.93. The van der Waals surface area contributed by atoms with Crippen LogP contribution in [0.2, 0.25) is 0 Å². The Balaban J connectivity index is 3.56. The molecule has 2 atom stereocenters. The number of hydrogen-bond donors (Lipinski definition) is 1. The first-order valence-corrected chi connectivity index (χ1v) is 5.61. The van der Waals surface area contributed by atoms with E-state index >= 15 is 0 Å². The van der Waals surface area contributed by atoms with Crippen LogP contribution in [0.5, 0.6) is 0 Å². The lowest BCUT2D eigenvalue weighted by molar-refractivity contribution is -0.141. The van der Waals surface area contributed by atoms with Gasteiger partial charge in [0.05, 0.1) is 7.11 Å². The number of carbonyl (C=O) groups is 1. The van der Waals surface area contributed by atoms with E-state index in [1.165, 1.54) is 20.0 Å². The fourth-order valence-electron chi connectivity index (χ4n) is 0.977. The molecule has 0 bridgehead atoms. The lowest BCUT2D eigenvalue weighted by Gasteiger charge is -2.12. The molecule has 3 nitrogen and oxygen atoms in total. The minimum atomic E-state index is -0.477. The Morgan fingerprint density at radius 3 is 2.69 bits per heavy atom. The van der Waals surface area contributed by atoms with Gasteiger partial charge >= 0.3 is 5.97 Å². The lowest BCUT2D eigenvalue weighted by Crippen LogP contribution is -2.34. The maximum atomic E-state index is 10.9. The summed E-state index contributed by atoms with van der Waals surface area (Å²) >= 11 is 1.73. The molecule has 0 aromatic heterocycles. The highest BCUT2D eigenvalue weighted by atomic mass is 32.2. The van der Waals surface area contributed by atoms with Crippen LogP contribution in [0.25, 0.3) is 0 Å². The number of ether oxygens (including phenoxy) is 1. The van der Waals surface area contributed by atoms with Crippen LogP contribution in [-0.4, -0.2) is 30.1 Å². The van der Waals surface area contributed by atoms with Gasteiger partial charge in [-0.15, -0.1) is 0 Å². The van der Waals surface area contributed by atoms with E-state index in [0.29, 0.717) is 11.0 Å². The zero-order valence-electron chi connectivity index (χ0n) is 8.58. The van der Waals surface area contributed by atoms with Crippen LogP contribution < -0.4 is 5.73 Å². The molecule has 0 aliphatic carbocycles. The van der Waals surface area contributed by atoms with Crippen molar-refractivity contribution in [1.82, 2.24) is 0 Å². The molecule has 0 saturated heterocycles. The van der Waals surface area contributed by atoms with E-state index in [2.05, 4.69) is 18.6 Å². The first kappa shape index (κ1) is 12.8. The Morgan fingerprint density at radius 2 is 2.23 bits per heavy atom. The number of rotatable bonds is 6. The molecular weight excluding hydrogens is 186 g/mol.